The van der Waals surface area contributed by atoms with E-state index in [-0.39, 0.29) is 23.2 Å². The van der Waals surface area contributed by atoms with Gasteiger partial charge in [-0.25, -0.2) is 4.68 Å². The Morgan fingerprint density at radius 3 is 3.11 bits per heavy atom. The summed E-state index contributed by atoms with van der Waals surface area (Å²) in [5.41, 5.74) is 0.299. The second kappa shape index (κ2) is 5.71. The Morgan fingerprint density at radius 1 is 1.61 bits per heavy atom. The summed E-state index contributed by atoms with van der Waals surface area (Å²) in [6.45, 7) is 0.200. The molecule has 1 fully saturated rings. The Hall–Kier alpha value is -1.07. The highest BCUT2D eigenvalue weighted by Gasteiger charge is 2.27. The summed E-state index contributed by atoms with van der Waals surface area (Å²) in [6, 6.07) is 0.267. The number of aliphatic hydroxyl groups is 1. The molecule has 0 amide bonds. The van der Waals surface area contributed by atoms with Crippen molar-refractivity contribution in [2.75, 3.05) is 11.9 Å². The fraction of sp³-hybridized carbons (Fsp3) is 0.667. The van der Waals surface area contributed by atoms with Crippen LogP contribution in [0.2, 0.25) is 5.02 Å². The number of nitrogens with zero attached hydrogens (tertiary/aromatic N) is 2. The molecule has 0 bridgehead atoms. The molecule has 2 rings (SSSR count). The van der Waals surface area contributed by atoms with Gasteiger partial charge in [-0.15, -0.1) is 0 Å². The van der Waals surface area contributed by atoms with Crippen LogP contribution in [0, 0.1) is 5.92 Å². The normalized spacial score (nSPS) is 23.3. The van der Waals surface area contributed by atoms with Gasteiger partial charge in [-0.2, -0.15) is 5.10 Å². The lowest BCUT2D eigenvalue weighted by Crippen LogP contribution is -2.27. The number of halogens is 1. The van der Waals surface area contributed by atoms with Gasteiger partial charge in [-0.05, 0) is 25.2 Å². The minimum absolute atomic E-state index is 0.183. The predicted octanol–water partition coefficient (Wildman–Crippen LogP) is 1.40. The average molecular weight is 272 g/mol. The predicted molar refractivity (Wildman–Crippen MR) is 70.9 cm³/mol. The van der Waals surface area contributed by atoms with Crippen molar-refractivity contribution in [2.24, 2.45) is 13.0 Å². The van der Waals surface area contributed by atoms with Crippen molar-refractivity contribution in [3.8, 4) is 0 Å². The van der Waals surface area contributed by atoms with Crippen molar-refractivity contribution in [3.63, 3.8) is 0 Å². The third-order valence-corrected chi connectivity index (χ3v) is 3.94. The van der Waals surface area contributed by atoms with Crippen LogP contribution in [0.25, 0.3) is 0 Å². The first kappa shape index (κ1) is 13.4. The van der Waals surface area contributed by atoms with E-state index in [1.54, 1.807) is 13.2 Å². The van der Waals surface area contributed by atoms with Crippen LogP contribution in [-0.2, 0) is 7.05 Å². The molecule has 0 aliphatic heterocycles. The summed E-state index contributed by atoms with van der Waals surface area (Å²) < 4.78 is 1.22. The van der Waals surface area contributed by atoms with Gasteiger partial charge >= 0.3 is 0 Å². The number of nitrogens with one attached hydrogen (secondary N) is 1. The zero-order chi connectivity index (χ0) is 13.1. The van der Waals surface area contributed by atoms with Crippen LogP contribution >= 0.6 is 11.6 Å². The minimum atomic E-state index is -0.293. The smallest absolute Gasteiger partial charge is 0.287 e. The van der Waals surface area contributed by atoms with Crippen LogP contribution in [0.3, 0.4) is 0 Å². The summed E-state index contributed by atoms with van der Waals surface area (Å²) in [6.07, 6.45) is 5.65. The topological polar surface area (TPSA) is 67.2 Å². The third kappa shape index (κ3) is 2.67. The van der Waals surface area contributed by atoms with Gasteiger partial charge in [0.2, 0.25) is 0 Å². The van der Waals surface area contributed by atoms with E-state index in [2.05, 4.69) is 10.4 Å². The SMILES string of the molecule is Cn1ncc(NC2CCCC2CCO)c(Cl)c1=O. The lowest BCUT2D eigenvalue weighted by Gasteiger charge is -2.21. The van der Waals surface area contributed by atoms with Crippen molar-refractivity contribution >= 4 is 17.3 Å². The minimum Gasteiger partial charge on any atom is -0.396 e. The quantitative estimate of drug-likeness (QED) is 0.869. The summed E-state index contributed by atoms with van der Waals surface area (Å²) in [5.74, 6) is 0.440. The van der Waals surface area contributed by atoms with Gasteiger partial charge in [0.25, 0.3) is 5.56 Å². The van der Waals surface area contributed by atoms with Crippen molar-refractivity contribution in [3.05, 3.63) is 21.6 Å². The largest absolute Gasteiger partial charge is 0.396 e. The van der Waals surface area contributed by atoms with Crippen molar-refractivity contribution in [1.82, 2.24) is 9.78 Å². The maximum Gasteiger partial charge on any atom is 0.287 e. The first-order chi connectivity index (χ1) is 8.63. The number of rotatable bonds is 4. The molecule has 1 heterocycles. The first-order valence-electron chi connectivity index (χ1n) is 6.22. The fourth-order valence-corrected chi connectivity index (χ4v) is 2.77. The molecule has 0 radical (unpaired) electrons. The highest BCUT2D eigenvalue weighted by Crippen LogP contribution is 2.31. The molecule has 1 aromatic heterocycles. The van der Waals surface area contributed by atoms with E-state index in [9.17, 15) is 4.79 Å². The number of anilines is 1. The van der Waals surface area contributed by atoms with Crippen LogP contribution in [0.5, 0.6) is 0 Å². The molecule has 1 aliphatic carbocycles. The van der Waals surface area contributed by atoms with E-state index in [4.69, 9.17) is 16.7 Å². The number of hydrogen-bond acceptors (Lipinski definition) is 4. The highest BCUT2D eigenvalue weighted by atomic mass is 35.5. The molecule has 1 aromatic rings. The molecular weight excluding hydrogens is 254 g/mol. The molecule has 18 heavy (non-hydrogen) atoms. The number of aryl methyl sites for hydroxylation is 1. The number of hydrogen-bond donors (Lipinski definition) is 2. The molecule has 100 valence electrons. The van der Waals surface area contributed by atoms with Gasteiger partial charge in [0, 0.05) is 19.7 Å². The third-order valence-electron chi connectivity index (χ3n) is 3.58. The van der Waals surface area contributed by atoms with Crippen LogP contribution < -0.4 is 10.9 Å². The first-order valence-corrected chi connectivity index (χ1v) is 6.60. The fourth-order valence-electron chi connectivity index (χ4n) is 2.55. The lowest BCUT2D eigenvalue weighted by molar-refractivity contribution is 0.254. The van der Waals surface area contributed by atoms with Gasteiger partial charge in [0.05, 0.1) is 11.9 Å². The van der Waals surface area contributed by atoms with Gasteiger partial charge in [-0.3, -0.25) is 4.79 Å². The highest BCUT2D eigenvalue weighted by molar-refractivity contribution is 6.32. The molecule has 1 saturated carbocycles. The Labute approximate surface area is 111 Å². The van der Waals surface area contributed by atoms with Crippen LogP contribution in [-0.4, -0.2) is 27.5 Å². The van der Waals surface area contributed by atoms with Crippen molar-refractivity contribution < 1.29 is 5.11 Å². The molecule has 5 nitrogen and oxygen atoms in total. The number of aromatic nitrogens is 2. The maximum atomic E-state index is 11.7. The van der Waals surface area contributed by atoms with Crippen molar-refractivity contribution in [2.45, 2.75) is 31.7 Å². The molecule has 2 atom stereocenters. The molecule has 2 N–H and O–H groups in total. The second-order valence-electron chi connectivity index (χ2n) is 4.76. The van der Waals surface area contributed by atoms with Crippen LogP contribution in [0.15, 0.2) is 11.0 Å². The Bertz CT molecular complexity index is 475. The van der Waals surface area contributed by atoms with Crippen LogP contribution in [0.4, 0.5) is 5.69 Å². The van der Waals surface area contributed by atoms with Gasteiger partial charge in [-0.1, -0.05) is 18.0 Å². The Balaban J connectivity index is 2.14. The lowest BCUT2D eigenvalue weighted by atomic mass is 10.00. The zero-order valence-corrected chi connectivity index (χ0v) is 11.2. The Kier molecular flexibility index (Phi) is 4.24. The Morgan fingerprint density at radius 2 is 2.39 bits per heavy atom. The standard InChI is InChI=1S/C12H18ClN3O2/c1-16-12(18)11(13)10(7-14-16)15-9-4-2-3-8(9)5-6-17/h7-9,15,17H,2-6H2,1H3. The molecule has 0 saturated heterocycles. The summed E-state index contributed by atoms with van der Waals surface area (Å²) in [7, 11) is 1.57. The zero-order valence-electron chi connectivity index (χ0n) is 10.4. The van der Waals surface area contributed by atoms with E-state index >= 15 is 0 Å². The van der Waals surface area contributed by atoms with E-state index in [0.29, 0.717) is 11.6 Å². The van der Waals surface area contributed by atoms with Crippen molar-refractivity contribution in [1.29, 1.82) is 0 Å². The second-order valence-corrected chi connectivity index (χ2v) is 5.13. The monoisotopic (exact) mass is 271 g/mol. The van der Waals surface area contributed by atoms with Gasteiger partial charge in [0.15, 0.2) is 0 Å². The summed E-state index contributed by atoms with van der Waals surface area (Å²) in [4.78, 5) is 11.7. The number of aliphatic hydroxyl groups excluding tert-OH is 1. The van der Waals surface area contributed by atoms with E-state index < -0.39 is 0 Å². The molecule has 0 aromatic carbocycles. The summed E-state index contributed by atoms with van der Waals surface area (Å²) >= 11 is 6.02. The van der Waals surface area contributed by atoms with Gasteiger partial charge in [0.1, 0.15) is 5.02 Å². The molecule has 0 spiro atoms. The van der Waals surface area contributed by atoms with Gasteiger partial charge < -0.3 is 10.4 Å². The van der Waals surface area contributed by atoms with Crippen LogP contribution in [0.1, 0.15) is 25.7 Å². The van der Waals surface area contributed by atoms with E-state index in [1.165, 1.54) is 4.68 Å². The summed E-state index contributed by atoms with van der Waals surface area (Å²) in [5, 5.41) is 16.5. The molecule has 2 unspecified atom stereocenters. The van der Waals surface area contributed by atoms with E-state index in [0.717, 1.165) is 25.7 Å². The average Bonchev–Trinajstić information content (AvgIpc) is 2.78. The molecule has 6 heteroatoms. The van der Waals surface area contributed by atoms with E-state index in [1.807, 2.05) is 0 Å². The molecule has 1 aliphatic rings. The maximum absolute atomic E-state index is 11.7. The molecular formula is C12H18ClN3O2.